The Hall–Kier alpha value is -2.01. The number of rotatable bonds is 5. The lowest BCUT2D eigenvalue weighted by molar-refractivity contribution is -0.141. The van der Waals surface area contributed by atoms with Crippen molar-refractivity contribution in [1.82, 2.24) is 0 Å². The van der Waals surface area contributed by atoms with Crippen molar-refractivity contribution in [2.24, 2.45) is 0 Å². The highest BCUT2D eigenvalue weighted by atomic mass is 32.2. The van der Waals surface area contributed by atoms with E-state index in [4.69, 9.17) is 4.74 Å². The van der Waals surface area contributed by atoms with Gasteiger partial charge in [-0.3, -0.25) is 0 Å². The minimum Gasteiger partial charge on any atom is -0.467 e. The number of hydrogen-bond donors (Lipinski definition) is 1. The van der Waals surface area contributed by atoms with Crippen molar-refractivity contribution < 1.29 is 13.9 Å². The summed E-state index contributed by atoms with van der Waals surface area (Å²) in [4.78, 5) is 13.1. The van der Waals surface area contributed by atoms with Gasteiger partial charge in [0.1, 0.15) is 5.82 Å². The van der Waals surface area contributed by atoms with Gasteiger partial charge in [-0.1, -0.05) is 24.3 Å². The van der Waals surface area contributed by atoms with Crippen LogP contribution >= 0.6 is 11.8 Å². The predicted octanol–water partition coefficient (Wildman–Crippen LogP) is 3.87. The smallest absolute Gasteiger partial charge is 0.332 e. The van der Waals surface area contributed by atoms with Crippen LogP contribution in [-0.2, 0) is 9.53 Å². The van der Waals surface area contributed by atoms with Gasteiger partial charge in [-0.2, -0.15) is 0 Å². The van der Waals surface area contributed by atoms with E-state index in [0.29, 0.717) is 0 Å². The maximum atomic E-state index is 13.7. The van der Waals surface area contributed by atoms with Gasteiger partial charge < -0.3 is 10.1 Å². The molecule has 1 unspecified atom stereocenters. The Kier molecular flexibility index (Phi) is 5.22. The molecule has 0 aromatic heterocycles. The van der Waals surface area contributed by atoms with Crippen molar-refractivity contribution in [2.45, 2.75) is 10.9 Å². The third-order valence-electron chi connectivity index (χ3n) is 3.06. The number of esters is 1. The Balaban J connectivity index is 2.30. The zero-order chi connectivity index (χ0) is 15.2. The normalized spacial score (nSPS) is 11.8. The second-order valence-corrected chi connectivity index (χ2v) is 5.23. The highest BCUT2D eigenvalue weighted by Gasteiger charge is 2.22. The molecule has 3 nitrogen and oxygen atoms in total. The number of benzene rings is 2. The van der Waals surface area contributed by atoms with Crippen LogP contribution in [-0.4, -0.2) is 19.3 Å². The molecule has 0 bridgehead atoms. The number of hydrogen-bond acceptors (Lipinski definition) is 4. The molecule has 0 fully saturated rings. The summed E-state index contributed by atoms with van der Waals surface area (Å²) in [5, 5.41) is 2.90. The van der Waals surface area contributed by atoms with Crippen molar-refractivity contribution in [3.05, 3.63) is 59.9 Å². The largest absolute Gasteiger partial charge is 0.467 e. The third-order valence-corrected chi connectivity index (χ3v) is 3.80. The van der Waals surface area contributed by atoms with Gasteiger partial charge >= 0.3 is 5.97 Å². The number of methoxy groups -OCH3 is 1. The molecule has 5 heteroatoms. The fraction of sp³-hybridized carbons (Fsp3) is 0.188. The molecule has 0 saturated heterocycles. The molecule has 2 aromatic rings. The summed E-state index contributed by atoms with van der Waals surface area (Å²) in [5.41, 5.74) is 0.991. The lowest BCUT2D eigenvalue weighted by Gasteiger charge is -2.18. The summed E-state index contributed by atoms with van der Waals surface area (Å²) in [6.07, 6.45) is 1.98. The van der Waals surface area contributed by atoms with E-state index in [0.717, 1.165) is 10.5 Å². The van der Waals surface area contributed by atoms with Gasteiger partial charge in [-0.05, 0) is 36.1 Å². The van der Waals surface area contributed by atoms with Crippen LogP contribution in [0.25, 0.3) is 0 Å². The van der Waals surface area contributed by atoms with Gasteiger partial charge in [-0.25, -0.2) is 9.18 Å². The van der Waals surface area contributed by atoms with E-state index in [1.54, 1.807) is 30.0 Å². The van der Waals surface area contributed by atoms with Crippen LogP contribution in [0.1, 0.15) is 11.6 Å². The zero-order valence-electron chi connectivity index (χ0n) is 11.8. The van der Waals surface area contributed by atoms with E-state index in [1.807, 2.05) is 30.5 Å². The van der Waals surface area contributed by atoms with Crippen molar-refractivity contribution in [3.63, 3.8) is 0 Å². The average molecular weight is 305 g/mol. The summed E-state index contributed by atoms with van der Waals surface area (Å²) in [6, 6.07) is 13.0. The number of thioether (sulfide) groups is 1. The molecular formula is C16H16FNO2S. The van der Waals surface area contributed by atoms with Crippen LogP contribution in [0.3, 0.4) is 0 Å². The summed E-state index contributed by atoms with van der Waals surface area (Å²) >= 11 is 1.61. The summed E-state index contributed by atoms with van der Waals surface area (Å²) < 4.78 is 18.5. The van der Waals surface area contributed by atoms with Crippen molar-refractivity contribution >= 4 is 23.4 Å². The van der Waals surface area contributed by atoms with Crippen molar-refractivity contribution in [1.29, 1.82) is 0 Å². The molecule has 1 N–H and O–H groups in total. The number of ether oxygens (including phenoxy) is 1. The second kappa shape index (κ2) is 7.13. The Morgan fingerprint density at radius 2 is 1.86 bits per heavy atom. The molecule has 0 aliphatic rings. The SMILES string of the molecule is COC(=O)C(Nc1ccccc1F)c1ccc(SC)cc1. The highest BCUT2D eigenvalue weighted by molar-refractivity contribution is 7.98. The fourth-order valence-corrected chi connectivity index (χ4v) is 2.33. The molecule has 110 valence electrons. The van der Waals surface area contributed by atoms with E-state index in [-0.39, 0.29) is 5.69 Å². The number of carbonyl (C=O) groups is 1. The maximum Gasteiger partial charge on any atom is 0.332 e. The summed E-state index contributed by atoms with van der Waals surface area (Å²) in [6.45, 7) is 0. The minimum absolute atomic E-state index is 0.266. The highest BCUT2D eigenvalue weighted by Crippen LogP contribution is 2.25. The number of halogens is 1. The maximum absolute atomic E-state index is 13.7. The number of para-hydroxylation sites is 1. The quantitative estimate of drug-likeness (QED) is 0.672. The van der Waals surface area contributed by atoms with Crippen LogP contribution in [0.15, 0.2) is 53.4 Å². The monoisotopic (exact) mass is 305 g/mol. The van der Waals surface area contributed by atoms with Gasteiger partial charge in [-0.15, -0.1) is 11.8 Å². The Morgan fingerprint density at radius 1 is 1.19 bits per heavy atom. The molecule has 2 aromatic carbocycles. The number of carbonyl (C=O) groups excluding carboxylic acids is 1. The van der Waals surface area contributed by atoms with E-state index in [9.17, 15) is 9.18 Å². The average Bonchev–Trinajstić information content (AvgIpc) is 2.53. The Labute approximate surface area is 127 Å². The van der Waals surface area contributed by atoms with Gasteiger partial charge in [0.05, 0.1) is 12.8 Å². The first-order valence-corrected chi connectivity index (χ1v) is 7.61. The van der Waals surface area contributed by atoms with E-state index >= 15 is 0 Å². The van der Waals surface area contributed by atoms with Crippen LogP contribution in [0.4, 0.5) is 10.1 Å². The molecule has 1 atom stereocenters. The predicted molar refractivity (Wildman–Crippen MR) is 83.0 cm³/mol. The van der Waals surface area contributed by atoms with Crippen LogP contribution in [0.5, 0.6) is 0 Å². The first-order chi connectivity index (χ1) is 10.2. The Morgan fingerprint density at radius 3 is 2.43 bits per heavy atom. The molecule has 0 aliphatic heterocycles. The van der Waals surface area contributed by atoms with Gasteiger partial charge in [0, 0.05) is 4.90 Å². The molecule has 21 heavy (non-hydrogen) atoms. The van der Waals surface area contributed by atoms with Crippen LogP contribution < -0.4 is 5.32 Å². The topological polar surface area (TPSA) is 38.3 Å². The zero-order valence-corrected chi connectivity index (χ0v) is 12.6. The van der Waals surface area contributed by atoms with Crippen molar-refractivity contribution in [3.8, 4) is 0 Å². The van der Waals surface area contributed by atoms with Gasteiger partial charge in [0.25, 0.3) is 0 Å². The second-order valence-electron chi connectivity index (χ2n) is 4.35. The number of anilines is 1. The van der Waals surface area contributed by atoms with E-state index in [1.165, 1.54) is 13.2 Å². The van der Waals surface area contributed by atoms with Crippen LogP contribution in [0, 0.1) is 5.82 Å². The van der Waals surface area contributed by atoms with Gasteiger partial charge in [0.2, 0.25) is 0 Å². The fourth-order valence-electron chi connectivity index (χ4n) is 1.93. The molecule has 0 radical (unpaired) electrons. The molecule has 0 amide bonds. The molecule has 2 rings (SSSR count). The lowest BCUT2D eigenvalue weighted by Crippen LogP contribution is -2.22. The first-order valence-electron chi connectivity index (χ1n) is 6.38. The molecule has 0 aliphatic carbocycles. The summed E-state index contributed by atoms with van der Waals surface area (Å²) in [5.74, 6) is -0.873. The van der Waals surface area contributed by atoms with E-state index < -0.39 is 17.8 Å². The summed E-state index contributed by atoms with van der Waals surface area (Å²) in [7, 11) is 1.31. The molecule has 0 saturated carbocycles. The Bertz CT molecular complexity index is 616. The van der Waals surface area contributed by atoms with Crippen molar-refractivity contribution in [2.75, 3.05) is 18.7 Å². The van der Waals surface area contributed by atoms with Crippen LogP contribution in [0.2, 0.25) is 0 Å². The standard InChI is InChI=1S/C16H16FNO2S/c1-20-16(19)15(11-7-9-12(21-2)10-8-11)18-14-6-4-3-5-13(14)17/h3-10,15,18H,1-2H3. The minimum atomic E-state index is -0.747. The number of nitrogens with one attached hydrogen (secondary N) is 1. The third kappa shape index (κ3) is 3.76. The lowest BCUT2D eigenvalue weighted by atomic mass is 10.1. The molecule has 0 spiro atoms. The van der Waals surface area contributed by atoms with Gasteiger partial charge in [0.15, 0.2) is 6.04 Å². The van der Waals surface area contributed by atoms with E-state index in [2.05, 4.69) is 5.32 Å². The molecule has 0 heterocycles. The first kappa shape index (κ1) is 15.4. The molecular weight excluding hydrogens is 289 g/mol.